The van der Waals surface area contributed by atoms with Crippen LogP contribution in [-0.2, 0) is 20.9 Å². The minimum absolute atomic E-state index is 0.134. The molecule has 1 fully saturated rings. The Hall–Kier alpha value is -2.74. The molecule has 2 N–H and O–H groups in total. The Kier molecular flexibility index (Phi) is 8.70. The van der Waals surface area contributed by atoms with Crippen LogP contribution >= 0.6 is 11.3 Å². The van der Waals surface area contributed by atoms with Gasteiger partial charge < -0.3 is 15.5 Å². The fourth-order valence-electron chi connectivity index (χ4n) is 4.37. The Morgan fingerprint density at radius 3 is 2.43 bits per heavy atom. The zero-order chi connectivity index (χ0) is 25.8. The molecule has 3 amide bonds. The maximum absolute atomic E-state index is 13.5. The van der Waals surface area contributed by atoms with E-state index in [0.717, 1.165) is 28.1 Å². The lowest BCUT2D eigenvalue weighted by molar-refractivity contribution is -0.144. The Morgan fingerprint density at radius 1 is 1.17 bits per heavy atom. The molecule has 0 radical (unpaired) electrons. The van der Waals surface area contributed by atoms with Gasteiger partial charge >= 0.3 is 0 Å². The van der Waals surface area contributed by atoms with Crippen molar-refractivity contribution in [3.05, 3.63) is 41.0 Å². The molecule has 0 aliphatic carbocycles. The zero-order valence-electron chi connectivity index (χ0n) is 21.7. The van der Waals surface area contributed by atoms with E-state index in [1.807, 2.05) is 71.3 Å². The molecule has 35 heavy (non-hydrogen) atoms. The van der Waals surface area contributed by atoms with E-state index in [4.69, 9.17) is 0 Å². The van der Waals surface area contributed by atoms with Crippen LogP contribution < -0.4 is 10.6 Å². The van der Waals surface area contributed by atoms with Crippen molar-refractivity contribution in [2.45, 2.75) is 79.4 Å². The Bertz CT molecular complexity index is 1040. The minimum Gasteiger partial charge on any atom is -0.350 e. The molecule has 2 heterocycles. The van der Waals surface area contributed by atoms with Gasteiger partial charge in [-0.1, -0.05) is 58.9 Å². The predicted octanol–water partition coefficient (Wildman–Crippen LogP) is 4.30. The monoisotopic (exact) mass is 498 g/mol. The second kappa shape index (κ2) is 11.3. The number of hydrogen-bond acceptors (Lipinski definition) is 5. The summed E-state index contributed by atoms with van der Waals surface area (Å²) in [4.78, 5) is 46.1. The first-order chi connectivity index (χ1) is 16.5. The van der Waals surface area contributed by atoms with Crippen molar-refractivity contribution >= 4 is 29.1 Å². The number of nitrogens with one attached hydrogen (secondary N) is 2. The van der Waals surface area contributed by atoms with Crippen LogP contribution in [0.5, 0.6) is 0 Å². The zero-order valence-corrected chi connectivity index (χ0v) is 22.5. The quantitative estimate of drug-likeness (QED) is 0.568. The van der Waals surface area contributed by atoms with Gasteiger partial charge in [-0.25, -0.2) is 4.98 Å². The molecule has 0 spiro atoms. The number of thiazole rings is 1. The smallest absolute Gasteiger partial charge is 0.246 e. The van der Waals surface area contributed by atoms with E-state index in [-0.39, 0.29) is 23.6 Å². The van der Waals surface area contributed by atoms with Gasteiger partial charge in [0.05, 0.1) is 16.1 Å². The minimum atomic E-state index is -0.676. The first kappa shape index (κ1) is 26.9. The first-order valence-electron chi connectivity index (χ1n) is 12.3. The number of amides is 3. The van der Waals surface area contributed by atoms with Crippen LogP contribution in [0, 0.1) is 18.3 Å². The van der Waals surface area contributed by atoms with Crippen LogP contribution in [0.1, 0.15) is 65.1 Å². The van der Waals surface area contributed by atoms with Crippen LogP contribution in [-0.4, -0.2) is 46.2 Å². The lowest BCUT2D eigenvalue weighted by Crippen LogP contribution is -2.57. The van der Waals surface area contributed by atoms with Crippen molar-refractivity contribution in [1.29, 1.82) is 0 Å². The van der Waals surface area contributed by atoms with Crippen LogP contribution in [0.15, 0.2) is 29.8 Å². The lowest BCUT2D eigenvalue weighted by atomic mass is 9.85. The average molecular weight is 499 g/mol. The van der Waals surface area contributed by atoms with Crippen molar-refractivity contribution < 1.29 is 14.4 Å². The fourth-order valence-corrected chi connectivity index (χ4v) is 5.18. The van der Waals surface area contributed by atoms with Crippen molar-refractivity contribution in [1.82, 2.24) is 20.5 Å². The highest BCUT2D eigenvalue weighted by atomic mass is 32.1. The van der Waals surface area contributed by atoms with Crippen molar-refractivity contribution in [3.63, 3.8) is 0 Å². The summed E-state index contributed by atoms with van der Waals surface area (Å²) in [5, 5.41) is 5.94. The van der Waals surface area contributed by atoms with Gasteiger partial charge in [0.2, 0.25) is 17.7 Å². The van der Waals surface area contributed by atoms with E-state index in [9.17, 15) is 14.4 Å². The topological polar surface area (TPSA) is 91.4 Å². The third kappa shape index (κ3) is 6.90. The van der Waals surface area contributed by atoms with Gasteiger partial charge in [0.15, 0.2) is 0 Å². The second-order valence-electron chi connectivity index (χ2n) is 10.8. The highest BCUT2D eigenvalue weighted by molar-refractivity contribution is 7.13. The molecule has 190 valence electrons. The van der Waals surface area contributed by atoms with E-state index in [1.165, 1.54) is 0 Å². The summed E-state index contributed by atoms with van der Waals surface area (Å²) in [6, 6.07) is 6.90. The summed E-state index contributed by atoms with van der Waals surface area (Å²) >= 11 is 1.61. The lowest BCUT2D eigenvalue weighted by Gasteiger charge is -2.35. The highest BCUT2D eigenvalue weighted by Crippen LogP contribution is 2.28. The van der Waals surface area contributed by atoms with Gasteiger partial charge in [0.25, 0.3) is 0 Å². The van der Waals surface area contributed by atoms with E-state index in [0.29, 0.717) is 25.9 Å². The SMILES string of the molecule is Cc1ncsc1-c1ccc(CNC(=O)[C@@H]2CCCN2C(=O)C(NC(=O)CC(C)C)C(C)(C)C)cc1. The van der Waals surface area contributed by atoms with Crippen molar-refractivity contribution in [3.8, 4) is 10.4 Å². The molecular formula is C27H38N4O3S. The number of likely N-dealkylation sites (tertiary alicyclic amines) is 1. The highest BCUT2D eigenvalue weighted by Gasteiger charge is 2.41. The van der Waals surface area contributed by atoms with Crippen LogP contribution in [0.25, 0.3) is 10.4 Å². The maximum atomic E-state index is 13.5. The third-order valence-electron chi connectivity index (χ3n) is 6.28. The van der Waals surface area contributed by atoms with Gasteiger partial charge in [0.1, 0.15) is 12.1 Å². The summed E-state index contributed by atoms with van der Waals surface area (Å²) in [5.41, 5.74) is 4.49. The van der Waals surface area contributed by atoms with Gasteiger partial charge in [-0.15, -0.1) is 11.3 Å². The molecule has 2 aromatic rings. The summed E-state index contributed by atoms with van der Waals surface area (Å²) in [5.74, 6) is -0.266. The number of carbonyl (C=O) groups excluding carboxylic acids is 3. The number of aryl methyl sites for hydroxylation is 1. The molecular weight excluding hydrogens is 460 g/mol. The normalized spacial score (nSPS) is 16.9. The summed E-state index contributed by atoms with van der Waals surface area (Å²) in [6.07, 6.45) is 1.76. The van der Waals surface area contributed by atoms with E-state index < -0.39 is 17.5 Å². The molecule has 1 aliphatic rings. The molecule has 8 heteroatoms. The number of aromatic nitrogens is 1. The van der Waals surface area contributed by atoms with Gasteiger partial charge in [-0.2, -0.15) is 0 Å². The van der Waals surface area contributed by atoms with Crippen molar-refractivity contribution in [2.24, 2.45) is 11.3 Å². The van der Waals surface area contributed by atoms with Gasteiger partial charge in [0, 0.05) is 19.5 Å². The average Bonchev–Trinajstić information content (AvgIpc) is 3.44. The number of rotatable bonds is 8. The Morgan fingerprint density at radius 2 is 1.86 bits per heavy atom. The molecule has 0 saturated carbocycles. The number of benzene rings is 1. The molecule has 1 aliphatic heterocycles. The largest absolute Gasteiger partial charge is 0.350 e. The number of nitrogens with zero attached hydrogens (tertiary/aromatic N) is 2. The van der Waals surface area contributed by atoms with E-state index in [2.05, 4.69) is 15.6 Å². The molecule has 0 bridgehead atoms. The fraction of sp³-hybridized carbons (Fsp3) is 0.556. The molecule has 1 aromatic heterocycles. The van der Waals surface area contributed by atoms with Gasteiger partial charge in [-0.05, 0) is 42.2 Å². The number of carbonyl (C=O) groups is 3. The standard InChI is InChI=1S/C27H38N4O3S/c1-17(2)14-22(32)30-24(27(4,5)6)26(34)31-13-7-8-21(31)25(33)28-15-19-9-11-20(12-10-19)23-18(3)29-16-35-23/h9-12,16-17,21,24H,7-8,13-15H2,1-6H3,(H,28,33)(H,30,32)/t21-,24?/m0/s1. The summed E-state index contributed by atoms with van der Waals surface area (Å²) in [6.45, 7) is 12.7. The van der Waals surface area contributed by atoms with Crippen LogP contribution in [0.4, 0.5) is 0 Å². The molecule has 2 atom stereocenters. The molecule has 1 saturated heterocycles. The van der Waals surface area contributed by atoms with E-state index >= 15 is 0 Å². The third-order valence-corrected chi connectivity index (χ3v) is 7.26. The number of hydrogen-bond donors (Lipinski definition) is 2. The first-order valence-corrected chi connectivity index (χ1v) is 13.2. The van der Waals surface area contributed by atoms with E-state index in [1.54, 1.807) is 16.2 Å². The van der Waals surface area contributed by atoms with Crippen molar-refractivity contribution in [2.75, 3.05) is 6.54 Å². The second-order valence-corrected chi connectivity index (χ2v) is 11.7. The summed E-state index contributed by atoms with van der Waals surface area (Å²) < 4.78 is 0. The Labute approximate surface area is 212 Å². The maximum Gasteiger partial charge on any atom is 0.246 e. The predicted molar refractivity (Wildman–Crippen MR) is 140 cm³/mol. The summed E-state index contributed by atoms with van der Waals surface area (Å²) in [7, 11) is 0. The van der Waals surface area contributed by atoms with Crippen LogP contribution in [0.2, 0.25) is 0 Å². The van der Waals surface area contributed by atoms with Crippen LogP contribution in [0.3, 0.4) is 0 Å². The molecule has 1 aromatic carbocycles. The van der Waals surface area contributed by atoms with Gasteiger partial charge in [-0.3, -0.25) is 14.4 Å². The molecule has 1 unspecified atom stereocenters. The molecule has 7 nitrogen and oxygen atoms in total. The Balaban J connectivity index is 1.63. The molecule has 3 rings (SSSR count).